The molecule has 1 aliphatic carbocycles. The second kappa shape index (κ2) is 6.60. The van der Waals surface area contributed by atoms with Crippen molar-refractivity contribution >= 4 is 22.8 Å². The van der Waals surface area contributed by atoms with Crippen LogP contribution in [0.15, 0.2) is 11.0 Å². The number of carbonyl (C=O) groups is 1. The maximum absolute atomic E-state index is 15.1. The fourth-order valence-electron chi connectivity index (χ4n) is 3.68. The molecule has 2 aliphatic rings. The largest absolute Gasteiger partial charge is 0.462 e. The molecule has 0 amide bonds. The summed E-state index contributed by atoms with van der Waals surface area (Å²) in [4.78, 5) is 31.5. The lowest BCUT2D eigenvalue weighted by Gasteiger charge is -2.21. The van der Waals surface area contributed by atoms with Crippen LogP contribution in [0.25, 0.3) is 11.0 Å². The molecule has 0 radical (unpaired) electrons. The molecule has 3 heterocycles. The number of pyridine rings is 2. The summed E-state index contributed by atoms with van der Waals surface area (Å²) in [7, 11) is 0. The molecule has 0 aromatic carbocycles. The van der Waals surface area contributed by atoms with Crippen molar-refractivity contribution in [2.24, 2.45) is 5.73 Å². The minimum atomic E-state index is -0.687. The third kappa shape index (κ3) is 2.97. The predicted molar refractivity (Wildman–Crippen MR) is 99.7 cm³/mol. The van der Waals surface area contributed by atoms with Crippen LogP contribution in [0.2, 0.25) is 0 Å². The molecule has 1 saturated heterocycles. The molecule has 2 aromatic rings. The van der Waals surface area contributed by atoms with Gasteiger partial charge in [-0.2, -0.15) is 0 Å². The Balaban J connectivity index is 1.97. The molecule has 2 N–H and O–H groups in total. The molecule has 1 saturated carbocycles. The van der Waals surface area contributed by atoms with E-state index in [-0.39, 0.29) is 41.0 Å². The fourth-order valence-corrected chi connectivity index (χ4v) is 3.68. The van der Waals surface area contributed by atoms with Gasteiger partial charge in [0.1, 0.15) is 11.2 Å². The monoisotopic (exact) mass is 374 g/mol. The van der Waals surface area contributed by atoms with Crippen LogP contribution in [0.5, 0.6) is 0 Å². The Morgan fingerprint density at radius 3 is 2.74 bits per heavy atom. The summed E-state index contributed by atoms with van der Waals surface area (Å²) in [6, 6.07) is 0.145. The zero-order chi connectivity index (χ0) is 19.3. The van der Waals surface area contributed by atoms with Crippen LogP contribution in [0.3, 0.4) is 0 Å². The van der Waals surface area contributed by atoms with Gasteiger partial charge in [-0.3, -0.25) is 4.79 Å². The first-order valence-electron chi connectivity index (χ1n) is 9.35. The van der Waals surface area contributed by atoms with Crippen LogP contribution in [-0.2, 0) is 4.74 Å². The topological polar surface area (TPSA) is 90.5 Å². The first-order chi connectivity index (χ1) is 12.9. The van der Waals surface area contributed by atoms with Gasteiger partial charge < -0.3 is 19.9 Å². The van der Waals surface area contributed by atoms with Crippen LogP contribution in [-0.4, -0.2) is 41.3 Å². The Bertz CT molecular complexity index is 983. The average Bonchev–Trinajstić information content (AvgIpc) is 3.39. The Labute approximate surface area is 155 Å². The van der Waals surface area contributed by atoms with E-state index in [4.69, 9.17) is 10.5 Å². The Kier molecular flexibility index (Phi) is 4.38. The van der Waals surface area contributed by atoms with Gasteiger partial charge in [-0.05, 0) is 33.1 Å². The van der Waals surface area contributed by atoms with Crippen molar-refractivity contribution in [1.82, 2.24) is 9.55 Å². The van der Waals surface area contributed by atoms with E-state index in [1.807, 2.05) is 9.47 Å². The molecule has 4 rings (SSSR count). The van der Waals surface area contributed by atoms with E-state index in [0.29, 0.717) is 18.7 Å². The minimum Gasteiger partial charge on any atom is -0.462 e. The van der Waals surface area contributed by atoms with Crippen LogP contribution in [0.1, 0.15) is 48.1 Å². The molecule has 1 atom stereocenters. The van der Waals surface area contributed by atoms with E-state index in [0.717, 1.165) is 19.3 Å². The molecule has 27 heavy (non-hydrogen) atoms. The molecule has 0 unspecified atom stereocenters. The van der Waals surface area contributed by atoms with Gasteiger partial charge in [0, 0.05) is 36.9 Å². The quantitative estimate of drug-likeness (QED) is 0.822. The second-order valence-corrected chi connectivity index (χ2v) is 7.30. The Morgan fingerprint density at radius 2 is 2.15 bits per heavy atom. The van der Waals surface area contributed by atoms with E-state index < -0.39 is 17.2 Å². The molecule has 0 spiro atoms. The number of esters is 1. The van der Waals surface area contributed by atoms with Crippen LogP contribution >= 0.6 is 0 Å². The lowest BCUT2D eigenvalue weighted by Crippen LogP contribution is -2.29. The van der Waals surface area contributed by atoms with Crippen molar-refractivity contribution in [1.29, 1.82) is 0 Å². The van der Waals surface area contributed by atoms with E-state index in [1.165, 1.54) is 6.20 Å². The highest BCUT2D eigenvalue weighted by molar-refractivity contribution is 5.94. The third-order valence-electron chi connectivity index (χ3n) is 5.28. The van der Waals surface area contributed by atoms with E-state index in [9.17, 15) is 9.59 Å². The highest BCUT2D eigenvalue weighted by atomic mass is 19.1. The van der Waals surface area contributed by atoms with Crippen LogP contribution in [0.4, 0.5) is 10.2 Å². The number of halogens is 1. The van der Waals surface area contributed by atoms with Gasteiger partial charge in [0.2, 0.25) is 5.43 Å². The number of nitrogens with two attached hydrogens (primary N) is 1. The second-order valence-electron chi connectivity index (χ2n) is 7.30. The first-order valence-corrected chi connectivity index (χ1v) is 9.35. The van der Waals surface area contributed by atoms with Crippen LogP contribution in [0, 0.1) is 12.7 Å². The van der Waals surface area contributed by atoms with Gasteiger partial charge in [0.05, 0.1) is 12.0 Å². The lowest BCUT2D eigenvalue weighted by molar-refractivity contribution is 0.0524. The number of aromatic nitrogens is 2. The molecular formula is C19H23FN4O3. The zero-order valence-corrected chi connectivity index (χ0v) is 15.5. The highest BCUT2D eigenvalue weighted by Crippen LogP contribution is 2.38. The number of fused-ring (bicyclic) bond motifs is 1. The molecule has 8 heteroatoms. The Hall–Kier alpha value is -2.48. The SMILES string of the molecule is CCOC(=O)c1cn(C2CC2)c2nc(N3CC[C@H](N)C3)c(F)c(C)c2c1=O. The van der Waals surface area contributed by atoms with Crippen molar-refractivity contribution < 1.29 is 13.9 Å². The molecule has 144 valence electrons. The number of carbonyl (C=O) groups excluding carboxylic acids is 1. The summed E-state index contributed by atoms with van der Waals surface area (Å²) in [5, 5.41) is 0.150. The van der Waals surface area contributed by atoms with Crippen molar-refractivity contribution in [2.75, 3.05) is 24.6 Å². The molecule has 0 bridgehead atoms. The summed E-state index contributed by atoms with van der Waals surface area (Å²) >= 11 is 0. The number of hydrogen-bond acceptors (Lipinski definition) is 6. The van der Waals surface area contributed by atoms with Gasteiger partial charge >= 0.3 is 5.97 Å². The van der Waals surface area contributed by atoms with Crippen molar-refractivity contribution in [3.63, 3.8) is 0 Å². The molecule has 2 aromatic heterocycles. The van der Waals surface area contributed by atoms with Gasteiger partial charge in [0.15, 0.2) is 11.6 Å². The first kappa shape index (κ1) is 17.9. The van der Waals surface area contributed by atoms with E-state index in [2.05, 4.69) is 4.98 Å². The van der Waals surface area contributed by atoms with Gasteiger partial charge in [0.25, 0.3) is 0 Å². The van der Waals surface area contributed by atoms with E-state index in [1.54, 1.807) is 13.8 Å². The number of nitrogens with zero attached hydrogens (tertiary/aromatic N) is 3. The van der Waals surface area contributed by atoms with Crippen molar-refractivity contribution in [2.45, 2.75) is 45.2 Å². The summed E-state index contributed by atoms with van der Waals surface area (Å²) < 4.78 is 22.0. The van der Waals surface area contributed by atoms with Crippen LogP contribution < -0.4 is 16.1 Å². The number of hydrogen-bond donors (Lipinski definition) is 1. The molecule has 1 aliphatic heterocycles. The summed E-state index contributed by atoms with van der Waals surface area (Å²) in [5.41, 5.74) is 5.98. The molecule has 7 nitrogen and oxygen atoms in total. The predicted octanol–water partition coefficient (Wildman–Crippen LogP) is 1.89. The fraction of sp³-hybridized carbons (Fsp3) is 0.526. The number of ether oxygens (including phenoxy) is 1. The summed E-state index contributed by atoms with van der Waals surface area (Å²) in [6.07, 6.45) is 4.16. The van der Waals surface area contributed by atoms with Gasteiger partial charge in [-0.25, -0.2) is 14.2 Å². The zero-order valence-electron chi connectivity index (χ0n) is 15.5. The Morgan fingerprint density at radius 1 is 1.41 bits per heavy atom. The number of anilines is 1. The van der Waals surface area contributed by atoms with E-state index >= 15 is 4.39 Å². The maximum Gasteiger partial charge on any atom is 0.343 e. The molecular weight excluding hydrogens is 351 g/mol. The number of aryl methyl sites for hydroxylation is 1. The normalized spacial score (nSPS) is 19.7. The maximum atomic E-state index is 15.1. The standard InChI is InChI=1S/C19H23FN4O3/c1-3-27-19(26)13-9-24(12-4-5-12)17-14(16(13)25)10(2)15(20)18(22-17)23-7-6-11(21)8-23/h9,11-12H,3-8,21H2,1-2H3/t11-/m0/s1. The smallest absolute Gasteiger partial charge is 0.343 e. The minimum absolute atomic E-state index is 0.0148. The summed E-state index contributed by atoms with van der Waals surface area (Å²) in [6.45, 7) is 4.57. The third-order valence-corrected chi connectivity index (χ3v) is 5.28. The average molecular weight is 374 g/mol. The van der Waals surface area contributed by atoms with Crippen molar-refractivity contribution in [3.8, 4) is 0 Å². The number of rotatable bonds is 4. The van der Waals surface area contributed by atoms with Crippen molar-refractivity contribution in [3.05, 3.63) is 33.4 Å². The molecule has 2 fully saturated rings. The van der Waals surface area contributed by atoms with Gasteiger partial charge in [-0.15, -0.1) is 0 Å². The summed E-state index contributed by atoms with van der Waals surface area (Å²) in [5.74, 6) is -0.990. The highest BCUT2D eigenvalue weighted by Gasteiger charge is 2.31. The lowest BCUT2D eigenvalue weighted by atomic mass is 10.1. The van der Waals surface area contributed by atoms with Gasteiger partial charge in [-0.1, -0.05) is 0 Å².